The number of hydrogen-bond acceptors (Lipinski definition) is 3. The Morgan fingerprint density at radius 2 is 2.00 bits per heavy atom. The van der Waals surface area contributed by atoms with Gasteiger partial charge in [-0.05, 0) is 36.2 Å². The van der Waals surface area contributed by atoms with Gasteiger partial charge in [-0.1, -0.05) is 24.3 Å². The molecule has 0 bridgehead atoms. The van der Waals surface area contributed by atoms with Crippen LogP contribution in [-0.2, 0) is 6.42 Å². The van der Waals surface area contributed by atoms with E-state index in [4.69, 9.17) is 10.2 Å². The minimum atomic E-state index is -0.115. The van der Waals surface area contributed by atoms with E-state index < -0.39 is 0 Å². The number of benzene rings is 2. The lowest BCUT2D eigenvalue weighted by atomic mass is 10.1. The minimum absolute atomic E-state index is 0.115. The molecule has 0 saturated heterocycles. The third-order valence-electron chi connectivity index (χ3n) is 3.89. The normalized spacial score (nSPS) is 13.6. The van der Waals surface area contributed by atoms with E-state index in [-0.39, 0.29) is 5.91 Å². The second-order valence-electron chi connectivity index (χ2n) is 5.24. The molecule has 1 aromatic heterocycles. The molecule has 0 fully saturated rings. The van der Waals surface area contributed by atoms with Crippen LogP contribution in [0.1, 0.15) is 16.1 Å². The van der Waals surface area contributed by atoms with E-state index in [2.05, 4.69) is 0 Å². The Morgan fingerprint density at radius 1 is 1.14 bits per heavy atom. The molecule has 2 N–H and O–H groups in total. The standard InChI is InChI=1S/C17H14N2O2/c18-13-6-5-11-7-8-19(14(11)10-13)17(20)16-9-12-3-1-2-4-15(12)21-16/h1-6,9-10H,7-8,18H2. The average Bonchev–Trinajstić information content (AvgIpc) is 3.09. The number of nitrogen functional groups attached to an aromatic ring is 1. The maximum Gasteiger partial charge on any atom is 0.294 e. The maximum absolute atomic E-state index is 12.7. The fourth-order valence-corrected chi connectivity index (χ4v) is 2.83. The first-order valence-corrected chi connectivity index (χ1v) is 6.91. The summed E-state index contributed by atoms with van der Waals surface area (Å²) in [6.45, 7) is 0.661. The molecule has 0 atom stereocenters. The Balaban J connectivity index is 1.75. The van der Waals surface area contributed by atoms with Gasteiger partial charge in [0, 0.05) is 23.3 Å². The van der Waals surface area contributed by atoms with E-state index in [9.17, 15) is 4.79 Å². The molecular formula is C17H14N2O2. The molecule has 1 aliphatic rings. The third kappa shape index (κ3) is 1.88. The van der Waals surface area contributed by atoms with Crippen LogP contribution in [0, 0.1) is 0 Å². The van der Waals surface area contributed by atoms with Crippen LogP contribution in [0.4, 0.5) is 11.4 Å². The smallest absolute Gasteiger partial charge is 0.294 e. The molecule has 0 radical (unpaired) electrons. The van der Waals surface area contributed by atoms with Crippen LogP contribution in [0.2, 0.25) is 0 Å². The van der Waals surface area contributed by atoms with Crippen molar-refractivity contribution in [3.8, 4) is 0 Å². The number of nitrogens with two attached hydrogens (primary N) is 1. The largest absolute Gasteiger partial charge is 0.451 e. The van der Waals surface area contributed by atoms with Gasteiger partial charge in [0.2, 0.25) is 0 Å². The molecule has 104 valence electrons. The first-order valence-electron chi connectivity index (χ1n) is 6.91. The molecule has 0 spiro atoms. The van der Waals surface area contributed by atoms with Crippen molar-refractivity contribution in [2.75, 3.05) is 17.2 Å². The van der Waals surface area contributed by atoms with Gasteiger partial charge in [-0.25, -0.2) is 0 Å². The van der Waals surface area contributed by atoms with Crippen molar-refractivity contribution in [3.63, 3.8) is 0 Å². The molecule has 3 aromatic rings. The summed E-state index contributed by atoms with van der Waals surface area (Å²) in [6.07, 6.45) is 0.849. The van der Waals surface area contributed by atoms with Crippen molar-refractivity contribution in [2.45, 2.75) is 6.42 Å². The van der Waals surface area contributed by atoms with Crippen molar-refractivity contribution >= 4 is 28.3 Å². The summed E-state index contributed by atoms with van der Waals surface area (Å²) in [7, 11) is 0. The molecule has 2 aromatic carbocycles. The highest BCUT2D eigenvalue weighted by Gasteiger charge is 2.27. The van der Waals surface area contributed by atoms with Gasteiger partial charge in [0.1, 0.15) is 5.58 Å². The molecule has 0 aliphatic carbocycles. The minimum Gasteiger partial charge on any atom is -0.451 e. The highest BCUT2D eigenvalue weighted by molar-refractivity contribution is 6.07. The van der Waals surface area contributed by atoms with Crippen LogP contribution in [0.25, 0.3) is 11.0 Å². The van der Waals surface area contributed by atoms with Gasteiger partial charge in [-0.3, -0.25) is 4.79 Å². The number of anilines is 2. The number of furan rings is 1. The lowest BCUT2D eigenvalue weighted by molar-refractivity contribution is 0.0965. The van der Waals surface area contributed by atoms with Gasteiger partial charge < -0.3 is 15.1 Å². The van der Waals surface area contributed by atoms with Crippen LogP contribution in [0.5, 0.6) is 0 Å². The summed E-state index contributed by atoms with van der Waals surface area (Å²) in [5, 5.41) is 0.938. The summed E-state index contributed by atoms with van der Waals surface area (Å²) >= 11 is 0. The van der Waals surface area contributed by atoms with E-state index in [0.717, 1.165) is 28.6 Å². The predicted molar refractivity (Wildman–Crippen MR) is 82.4 cm³/mol. The number of amides is 1. The summed E-state index contributed by atoms with van der Waals surface area (Å²) in [5.41, 5.74) is 9.26. The molecule has 2 heterocycles. The zero-order valence-corrected chi connectivity index (χ0v) is 11.4. The van der Waals surface area contributed by atoms with Crippen molar-refractivity contribution in [2.24, 2.45) is 0 Å². The molecule has 4 rings (SSSR count). The topological polar surface area (TPSA) is 59.5 Å². The SMILES string of the molecule is Nc1ccc2c(c1)N(C(=O)c1cc3ccccc3o1)CC2. The molecule has 4 nitrogen and oxygen atoms in total. The second-order valence-corrected chi connectivity index (χ2v) is 5.24. The van der Waals surface area contributed by atoms with Crippen LogP contribution in [-0.4, -0.2) is 12.5 Å². The number of rotatable bonds is 1. The molecule has 1 aliphatic heterocycles. The first kappa shape index (κ1) is 12.0. The van der Waals surface area contributed by atoms with Crippen molar-refractivity contribution in [3.05, 3.63) is 59.9 Å². The predicted octanol–water partition coefficient (Wildman–Crippen LogP) is 3.22. The Hall–Kier alpha value is -2.75. The monoisotopic (exact) mass is 278 g/mol. The first-order chi connectivity index (χ1) is 10.2. The molecule has 1 amide bonds. The molecule has 21 heavy (non-hydrogen) atoms. The summed E-state index contributed by atoms with van der Waals surface area (Å²) < 4.78 is 5.67. The van der Waals surface area contributed by atoms with Crippen molar-refractivity contribution in [1.29, 1.82) is 0 Å². The summed E-state index contributed by atoms with van der Waals surface area (Å²) in [6, 6.07) is 15.1. The Labute approximate surface area is 121 Å². The van der Waals surface area contributed by atoms with Crippen LogP contribution >= 0.6 is 0 Å². The summed E-state index contributed by atoms with van der Waals surface area (Å²) in [4.78, 5) is 14.4. The number of carbonyl (C=O) groups is 1. The van der Waals surface area contributed by atoms with Gasteiger partial charge in [-0.2, -0.15) is 0 Å². The van der Waals surface area contributed by atoms with Crippen LogP contribution in [0.15, 0.2) is 52.9 Å². The number of carbonyl (C=O) groups excluding carboxylic acids is 1. The van der Waals surface area contributed by atoms with Crippen LogP contribution < -0.4 is 10.6 Å². The third-order valence-corrected chi connectivity index (χ3v) is 3.89. The Bertz CT molecular complexity index is 818. The van der Waals surface area contributed by atoms with Gasteiger partial charge in [0.25, 0.3) is 5.91 Å². The van der Waals surface area contributed by atoms with Crippen molar-refractivity contribution < 1.29 is 9.21 Å². The average molecular weight is 278 g/mol. The fraction of sp³-hybridized carbons (Fsp3) is 0.118. The summed E-state index contributed by atoms with van der Waals surface area (Å²) in [5.74, 6) is 0.252. The maximum atomic E-state index is 12.7. The number of fused-ring (bicyclic) bond motifs is 2. The lowest BCUT2D eigenvalue weighted by Gasteiger charge is -2.16. The number of hydrogen-bond donors (Lipinski definition) is 1. The van der Waals surface area contributed by atoms with Crippen molar-refractivity contribution in [1.82, 2.24) is 0 Å². The Morgan fingerprint density at radius 3 is 2.86 bits per heavy atom. The zero-order chi connectivity index (χ0) is 14.4. The van der Waals surface area contributed by atoms with E-state index in [0.29, 0.717) is 18.0 Å². The quantitative estimate of drug-likeness (QED) is 0.695. The highest BCUT2D eigenvalue weighted by atomic mass is 16.3. The second kappa shape index (κ2) is 4.38. The van der Waals surface area contributed by atoms with E-state index in [1.165, 1.54) is 0 Å². The number of para-hydroxylation sites is 1. The van der Waals surface area contributed by atoms with Gasteiger partial charge in [-0.15, -0.1) is 0 Å². The highest BCUT2D eigenvalue weighted by Crippen LogP contribution is 2.32. The van der Waals surface area contributed by atoms with E-state index >= 15 is 0 Å². The van der Waals surface area contributed by atoms with Crippen LogP contribution in [0.3, 0.4) is 0 Å². The van der Waals surface area contributed by atoms with E-state index in [1.807, 2.05) is 42.5 Å². The van der Waals surface area contributed by atoms with E-state index in [1.54, 1.807) is 11.0 Å². The van der Waals surface area contributed by atoms with Gasteiger partial charge in [0.15, 0.2) is 5.76 Å². The molecule has 0 saturated carbocycles. The molecular weight excluding hydrogens is 264 g/mol. The van der Waals surface area contributed by atoms with Gasteiger partial charge >= 0.3 is 0 Å². The Kier molecular flexibility index (Phi) is 2.51. The fourth-order valence-electron chi connectivity index (χ4n) is 2.83. The zero-order valence-electron chi connectivity index (χ0n) is 11.4. The number of nitrogens with zero attached hydrogens (tertiary/aromatic N) is 1. The van der Waals surface area contributed by atoms with Gasteiger partial charge in [0.05, 0.1) is 0 Å². The molecule has 4 heteroatoms. The molecule has 0 unspecified atom stereocenters. The lowest BCUT2D eigenvalue weighted by Crippen LogP contribution is -2.28.